The van der Waals surface area contributed by atoms with Crippen molar-refractivity contribution >= 4 is 11.5 Å². The van der Waals surface area contributed by atoms with Gasteiger partial charge in [0.25, 0.3) is 0 Å². The summed E-state index contributed by atoms with van der Waals surface area (Å²) in [5, 5.41) is 7.28. The summed E-state index contributed by atoms with van der Waals surface area (Å²) in [6, 6.07) is 4.05. The monoisotopic (exact) mass is 301 g/mol. The molecule has 0 amide bonds. The number of nitrogens with two attached hydrogens (primary N) is 1. The van der Waals surface area contributed by atoms with Gasteiger partial charge in [-0.2, -0.15) is 13.2 Å². The molecular formula is C14H18F3N3O. The zero-order chi connectivity index (χ0) is 15.6. The fraction of sp³-hybridized carbons (Fsp3) is 0.500. The number of alkyl halides is 3. The van der Waals surface area contributed by atoms with Crippen molar-refractivity contribution in [2.45, 2.75) is 25.1 Å². The number of benzene rings is 1. The minimum atomic E-state index is -4.53. The lowest BCUT2D eigenvalue weighted by Gasteiger charge is -2.33. The number of nitrogen functional groups attached to an aromatic ring is 1. The van der Waals surface area contributed by atoms with Crippen molar-refractivity contribution in [3.63, 3.8) is 0 Å². The van der Waals surface area contributed by atoms with Crippen molar-refractivity contribution in [2.75, 3.05) is 25.2 Å². The van der Waals surface area contributed by atoms with Crippen molar-refractivity contribution in [1.82, 2.24) is 0 Å². The highest BCUT2D eigenvalue weighted by atomic mass is 19.4. The molecule has 0 unspecified atom stereocenters. The molecule has 3 N–H and O–H groups in total. The molecule has 4 nitrogen and oxygen atoms in total. The van der Waals surface area contributed by atoms with Crippen LogP contribution in [0.3, 0.4) is 0 Å². The number of nitrogens with one attached hydrogen (secondary N) is 1. The van der Waals surface area contributed by atoms with Crippen LogP contribution >= 0.6 is 0 Å². The molecule has 0 radical (unpaired) electrons. The Labute approximate surface area is 121 Å². The molecule has 1 fully saturated rings. The Kier molecular flexibility index (Phi) is 4.41. The van der Waals surface area contributed by atoms with E-state index in [-0.39, 0.29) is 11.6 Å². The summed E-state index contributed by atoms with van der Waals surface area (Å²) in [7, 11) is 1.78. The van der Waals surface area contributed by atoms with Crippen LogP contribution in [0.4, 0.5) is 18.9 Å². The summed E-state index contributed by atoms with van der Waals surface area (Å²) in [4.78, 5) is 1.83. The summed E-state index contributed by atoms with van der Waals surface area (Å²) in [6.07, 6.45) is -2.97. The molecule has 2 rings (SSSR count). The highest BCUT2D eigenvalue weighted by molar-refractivity contribution is 5.97. The number of anilines is 1. The Morgan fingerprint density at radius 3 is 2.48 bits per heavy atom. The maximum absolute atomic E-state index is 13.1. The fourth-order valence-corrected chi connectivity index (χ4v) is 2.50. The van der Waals surface area contributed by atoms with Crippen LogP contribution in [-0.4, -0.2) is 32.1 Å². The number of nitrogens with zero attached hydrogens (tertiary/aromatic N) is 1. The topological polar surface area (TPSA) is 62.3 Å². The summed E-state index contributed by atoms with van der Waals surface area (Å²) in [6.45, 7) is 1.24. The predicted octanol–water partition coefficient (Wildman–Crippen LogP) is 2.60. The van der Waals surface area contributed by atoms with Gasteiger partial charge in [-0.15, -0.1) is 0 Å². The van der Waals surface area contributed by atoms with E-state index in [9.17, 15) is 13.2 Å². The molecule has 1 saturated heterocycles. The summed E-state index contributed by atoms with van der Waals surface area (Å²) in [5.41, 5.74) is 4.55. The van der Waals surface area contributed by atoms with Crippen LogP contribution in [0.1, 0.15) is 24.0 Å². The summed E-state index contributed by atoms with van der Waals surface area (Å²) in [5.74, 6) is -0.581. The molecule has 116 valence electrons. The highest BCUT2D eigenvalue weighted by Crippen LogP contribution is 2.35. The molecular weight excluding hydrogens is 283 g/mol. The van der Waals surface area contributed by atoms with Crippen molar-refractivity contribution in [3.05, 3.63) is 29.3 Å². The van der Waals surface area contributed by atoms with Crippen LogP contribution < -0.4 is 10.6 Å². The minimum absolute atomic E-state index is 0.156. The van der Waals surface area contributed by atoms with Gasteiger partial charge in [0.1, 0.15) is 5.84 Å². The minimum Gasteiger partial charge on any atom is -0.384 e. The second-order valence-corrected chi connectivity index (χ2v) is 5.10. The first-order chi connectivity index (χ1) is 9.80. The Morgan fingerprint density at radius 1 is 1.33 bits per heavy atom. The van der Waals surface area contributed by atoms with Gasteiger partial charge in [-0.25, -0.2) is 0 Å². The van der Waals surface area contributed by atoms with E-state index in [1.807, 2.05) is 4.90 Å². The van der Waals surface area contributed by atoms with E-state index < -0.39 is 17.6 Å². The number of halogens is 3. The summed E-state index contributed by atoms with van der Waals surface area (Å²) >= 11 is 0. The summed E-state index contributed by atoms with van der Waals surface area (Å²) < 4.78 is 44.6. The molecule has 7 heteroatoms. The van der Waals surface area contributed by atoms with Gasteiger partial charge in [-0.3, -0.25) is 5.41 Å². The van der Waals surface area contributed by atoms with Crippen LogP contribution in [0.15, 0.2) is 18.2 Å². The standard InChI is InChI=1S/C14H18F3N3O/c1-20(9-4-6-21-7-5-9)10-2-3-11(13(18)19)12(8-10)14(15,16)17/h2-3,8-9H,4-7H2,1H3,(H3,18,19). The van der Waals surface area contributed by atoms with Crippen LogP contribution in [0.5, 0.6) is 0 Å². The van der Waals surface area contributed by atoms with Crippen molar-refractivity contribution in [2.24, 2.45) is 5.73 Å². The maximum Gasteiger partial charge on any atom is 0.417 e. The molecule has 0 aliphatic carbocycles. The number of amidine groups is 1. The van der Waals surface area contributed by atoms with Gasteiger partial charge < -0.3 is 15.4 Å². The van der Waals surface area contributed by atoms with Gasteiger partial charge in [0.2, 0.25) is 0 Å². The van der Waals surface area contributed by atoms with E-state index in [1.165, 1.54) is 6.07 Å². The number of ether oxygens (including phenoxy) is 1. The number of hydrogen-bond donors (Lipinski definition) is 2. The molecule has 0 bridgehead atoms. The van der Waals surface area contributed by atoms with Gasteiger partial charge in [0.05, 0.1) is 5.56 Å². The highest BCUT2D eigenvalue weighted by Gasteiger charge is 2.35. The smallest absolute Gasteiger partial charge is 0.384 e. The van der Waals surface area contributed by atoms with Gasteiger partial charge in [-0.1, -0.05) is 0 Å². The quantitative estimate of drug-likeness (QED) is 0.666. The van der Waals surface area contributed by atoms with Gasteiger partial charge in [-0.05, 0) is 31.0 Å². The normalized spacial score (nSPS) is 16.8. The second kappa shape index (κ2) is 5.93. The Balaban J connectivity index is 2.34. The molecule has 1 heterocycles. The first kappa shape index (κ1) is 15.6. The van der Waals surface area contributed by atoms with Crippen LogP contribution in [0.25, 0.3) is 0 Å². The Hall–Kier alpha value is -1.76. The molecule has 1 aromatic carbocycles. The molecule has 0 aromatic heterocycles. The van der Waals surface area contributed by atoms with Crippen LogP contribution in [0, 0.1) is 5.41 Å². The van der Waals surface area contributed by atoms with E-state index in [0.717, 1.165) is 18.9 Å². The van der Waals surface area contributed by atoms with Gasteiger partial charge in [0, 0.05) is 37.6 Å². The van der Waals surface area contributed by atoms with Gasteiger partial charge >= 0.3 is 6.18 Å². The van der Waals surface area contributed by atoms with E-state index in [2.05, 4.69) is 0 Å². The van der Waals surface area contributed by atoms with E-state index >= 15 is 0 Å². The zero-order valence-corrected chi connectivity index (χ0v) is 11.7. The van der Waals surface area contributed by atoms with E-state index in [1.54, 1.807) is 13.1 Å². The van der Waals surface area contributed by atoms with Crippen molar-refractivity contribution in [3.8, 4) is 0 Å². The molecule has 1 aliphatic heterocycles. The van der Waals surface area contributed by atoms with Crippen molar-refractivity contribution < 1.29 is 17.9 Å². The largest absolute Gasteiger partial charge is 0.417 e. The average Bonchev–Trinajstić information content (AvgIpc) is 2.45. The Bertz CT molecular complexity index is 525. The molecule has 0 spiro atoms. The first-order valence-corrected chi connectivity index (χ1v) is 6.67. The Morgan fingerprint density at radius 2 is 1.95 bits per heavy atom. The zero-order valence-electron chi connectivity index (χ0n) is 11.7. The third-order valence-corrected chi connectivity index (χ3v) is 3.74. The van der Waals surface area contributed by atoms with Crippen molar-refractivity contribution in [1.29, 1.82) is 5.41 Å². The predicted molar refractivity (Wildman–Crippen MR) is 74.7 cm³/mol. The third-order valence-electron chi connectivity index (χ3n) is 3.74. The molecule has 21 heavy (non-hydrogen) atoms. The number of rotatable bonds is 3. The lowest BCUT2D eigenvalue weighted by Crippen LogP contribution is -2.36. The lowest BCUT2D eigenvalue weighted by molar-refractivity contribution is -0.137. The SMILES string of the molecule is CN(c1ccc(C(=N)N)c(C(F)(F)F)c1)C1CCOCC1. The van der Waals surface area contributed by atoms with E-state index in [4.69, 9.17) is 15.9 Å². The molecule has 0 saturated carbocycles. The third kappa shape index (κ3) is 3.47. The second-order valence-electron chi connectivity index (χ2n) is 5.10. The molecule has 1 aliphatic rings. The fourth-order valence-electron chi connectivity index (χ4n) is 2.50. The first-order valence-electron chi connectivity index (χ1n) is 6.67. The molecule has 1 aromatic rings. The van der Waals surface area contributed by atoms with Crippen LogP contribution in [-0.2, 0) is 10.9 Å². The lowest BCUT2D eigenvalue weighted by atomic mass is 10.0. The van der Waals surface area contributed by atoms with Crippen LogP contribution in [0.2, 0.25) is 0 Å². The average molecular weight is 301 g/mol. The van der Waals surface area contributed by atoms with E-state index in [0.29, 0.717) is 18.9 Å². The van der Waals surface area contributed by atoms with Gasteiger partial charge in [0.15, 0.2) is 0 Å². The molecule has 0 atom stereocenters. The maximum atomic E-state index is 13.1. The number of hydrogen-bond acceptors (Lipinski definition) is 3.